The van der Waals surface area contributed by atoms with Gasteiger partial charge in [0.15, 0.2) is 0 Å². The predicted molar refractivity (Wildman–Crippen MR) is 71.5 cm³/mol. The molecule has 0 aliphatic carbocycles. The first-order valence-electron chi connectivity index (χ1n) is 6.22. The summed E-state index contributed by atoms with van der Waals surface area (Å²) >= 11 is 0. The van der Waals surface area contributed by atoms with Crippen molar-refractivity contribution in [1.82, 2.24) is 0 Å². The number of benzene rings is 1. The van der Waals surface area contributed by atoms with Crippen LogP contribution in [0.15, 0.2) is 12.1 Å². The number of aliphatic hydroxyl groups is 1. The van der Waals surface area contributed by atoms with Crippen LogP contribution in [0.1, 0.15) is 43.9 Å². The van der Waals surface area contributed by atoms with E-state index in [2.05, 4.69) is 19.9 Å². The monoisotopic (exact) mass is 236 g/mol. The average Bonchev–Trinajstić information content (AvgIpc) is 2.25. The van der Waals surface area contributed by atoms with Crippen LogP contribution in [0.3, 0.4) is 0 Å². The zero-order chi connectivity index (χ0) is 13.2. The summed E-state index contributed by atoms with van der Waals surface area (Å²) in [6, 6.07) is 4.08. The van der Waals surface area contributed by atoms with Gasteiger partial charge >= 0.3 is 0 Å². The number of ether oxygens (including phenoxy) is 1. The van der Waals surface area contributed by atoms with Crippen LogP contribution in [0.2, 0.25) is 0 Å². The Morgan fingerprint density at radius 1 is 1.35 bits per heavy atom. The van der Waals surface area contributed by atoms with Crippen molar-refractivity contribution in [3.05, 3.63) is 28.8 Å². The molecule has 96 valence electrons. The summed E-state index contributed by atoms with van der Waals surface area (Å²) in [6.45, 7) is 10.1. The van der Waals surface area contributed by atoms with Crippen LogP contribution in [0.4, 0.5) is 0 Å². The van der Waals surface area contributed by atoms with Gasteiger partial charge < -0.3 is 9.84 Å². The van der Waals surface area contributed by atoms with Gasteiger partial charge in [-0.1, -0.05) is 26.3 Å². The Hall–Kier alpha value is -1.02. The second kappa shape index (κ2) is 5.09. The van der Waals surface area contributed by atoms with Gasteiger partial charge in [-0.05, 0) is 43.9 Å². The molecule has 2 atom stereocenters. The number of rotatable bonds is 4. The van der Waals surface area contributed by atoms with Gasteiger partial charge in [-0.3, -0.25) is 0 Å². The molecule has 1 aromatic carbocycles. The molecule has 0 radical (unpaired) electrons. The molecule has 1 rings (SSSR count). The van der Waals surface area contributed by atoms with Crippen molar-refractivity contribution in [1.29, 1.82) is 0 Å². The minimum atomic E-state index is -0.849. The molecule has 0 fully saturated rings. The lowest BCUT2D eigenvalue weighted by Crippen LogP contribution is -2.31. The van der Waals surface area contributed by atoms with E-state index in [-0.39, 0.29) is 5.92 Å². The summed E-state index contributed by atoms with van der Waals surface area (Å²) < 4.78 is 5.43. The Balaban J connectivity index is 3.39. The minimum absolute atomic E-state index is 0.192. The summed E-state index contributed by atoms with van der Waals surface area (Å²) in [6.07, 6.45) is 0.934. The first-order valence-corrected chi connectivity index (χ1v) is 6.22. The normalized spacial score (nSPS) is 16.4. The molecule has 0 heterocycles. The van der Waals surface area contributed by atoms with Crippen LogP contribution in [0.5, 0.6) is 5.75 Å². The SMILES string of the molecule is CCC(C)C(C)(O)c1c(C)cc(C)cc1OC. The molecule has 0 spiro atoms. The highest BCUT2D eigenvalue weighted by Crippen LogP contribution is 2.39. The molecule has 0 amide bonds. The third kappa shape index (κ3) is 2.63. The Morgan fingerprint density at radius 2 is 1.94 bits per heavy atom. The number of hydrogen-bond donors (Lipinski definition) is 1. The molecule has 1 aromatic rings. The van der Waals surface area contributed by atoms with Crippen molar-refractivity contribution < 1.29 is 9.84 Å². The fraction of sp³-hybridized carbons (Fsp3) is 0.600. The molecule has 0 aliphatic heterocycles. The van der Waals surface area contributed by atoms with Crippen molar-refractivity contribution in [2.45, 2.75) is 46.6 Å². The number of methoxy groups -OCH3 is 1. The molecule has 2 unspecified atom stereocenters. The van der Waals surface area contributed by atoms with Crippen LogP contribution in [-0.4, -0.2) is 12.2 Å². The molecular formula is C15H24O2. The third-order valence-corrected chi connectivity index (χ3v) is 3.74. The van der Waals surface area contributed by atoms with Gasteiger partial charge in [-0.25, -0.2) is 0 Å². The van der Waals surface area contributed by atoms with Crippen LogP contribution >= 0.6 is 0 Å². The molecule has 2 heteroatoms. The van der Waals surface area contributed by atoms with Gasteiger partial charge in [0.05, 0.1) is 12.7 Å². The van der Waals surface area contributed by atoms with Crippen molar-refractivity contribution >= 4 is 0 Å². The Kier molecular flexibility index (Phi) is 4.21. The highest BCUT2D eigenvalue weighted by Gasteiger charge is 2.33. The van der Waals surface area contributed by atoms with E-state index >= 15 is 0 Å². The van der Waals surface area contributed by atoms with Crippen molar-refractivity contribution in [3.8, 4) is 5.75 Å². The molecule has 2 nitrogen and oxygen atoms in total. The second-order valence-electron chi connectivity index (χ2n) is 5.12. The van der Waals surface area contributed by atoms with Gasteiger partial charge in [-0.2, -0.15) is 0 Å². The maximum atomic E-state index is 10.8. The van der Waals surface area contributed by atoms with Gasteiger partial charge in [0, 0.05) is 5.56 Å². The van der Waals surface area contributed by atoms with Gasteiger partial charge in [-0.15, -0.1) is 0 Å². The average molecular weight is 236 g/mol. The van der Waals surface area contributed by atoms with Crippen LogP contribution < -0.4 is 4.74 Å². The van der Waals surface area contributed by atoms with E-state index in [9.17, 15) is 5.11 Å². The molecular weight excluding hydrogens is 212 g/mol. The lowest BCUT2D eigenvalue weighted by Gasteiger charge is -2.33. The van der Waals surface area contributed by atoms with E-state index in [0.29, 0.717) is 0 Å². The van der Waals surface area contributed by atoms with Crippen LogP contribution in [0, 0.1) is 19.8 Å². The smallest absolute Gasteiger partial charge is 0.125 e. The highest BCUT2D eigenvalue weighted by atomic mass is 16.5. The number of hydrogen-bond acceptors (Lipinski definition) is 2. The summed E-state index contributed by atoms with van der Waals surface area (Å²) in [5.41, 5.74) is 2.31. The molecule has 0 saturated heterocycles. The predicted octanol–water partition coefficient (Wildman–Crippen LogP) is 3.57. The van der Waals surface area contributed by atoms with Crippen LogP contribution in [-0.2, 0) is 5.60 Å². The van der Waals surface area contributed by atoms with Gasteiger partial charge in [0.2, 0.25) is 0 Å². The van der Waals surface area contributed by atoms with E-state index in [1.54, 1.807) is 7.11 Å². The number of aryl methyl sites for hydroxylation is 2. The molecule has 0 aromatic heterocycles. The zero-order valence-corrected chi connectivity index (χ0v) is 11.8. The van der Waals surface area contributed by atoms with E-state index in [1.165, 1.54) is 0 Å². The quantitative estimate of drug-likeness (QED) is 0.866. The van der Waals surface area contributed by atoms with Crippen molar-refractivity contribution in [2.75, 3.05) is 7.11 Å². The Labute approximate surface area is 105 Å². The molecule has 17 heavy (non-hydrogen) atoms. The van der Waals surface area contributed by atoms with E-state index in [1.807, 2.05) is 26.8 Å². The fourth-order valence-corrected chi connectivity index (χ4v) is 2.38. The topological polar surface area (TPSA) is 29.5 Å². The first-order chi connectivity index (χ1) is 7.84. The van der Waals surface area contributed by atoms with E-state index in [0.717, 1.165) is 28.9 Å². The standard InChI is InChI=1S/C15H24O2/c1-7-12(4)15(5,16)14-11(3)8-10(2)9-13(14)17-6/h8-9,12,16H,7H2,1-6H3. The summed E-state index contributed by atoms with van der Waals surface area (Å²) in [4.78, 5) is 0. The minimum Gasteiger partial charge on any atom is -0.496 e. The molecule has 1 N–H and O–H groups in total. The Bertz CT molecular complexity index is 394. The molecule has 0 bridgehead atoms. The van der Waals surface area contributed by atoms with Gasteiger partial charge in [0.1, 0.15) is 5.75 Å². The van der Waals surface area contributed by atoms with Crippen molar-refractivity contribution in [2.24, 2.45) is 5.92 Å². The third-order valence-electron chi connectivity index (χ3n) is 3.74. The maximum Gasteiger partial charge on any atom is 0.125 e. The Morgan fingerprint density at radius 3 is 2.41 bits per heavy atom. The maximum absolute atomic E-state index is 10.8. The van der Waals surface area contributed by atoms with E-state index in [4.69, 9.17) is 4.74 Å². The molecule has 0 aliphatic rings. The van der Waals surface area contributed by atoms with Gasteiger partial charge in [0.25, 0.3) is 0 Å². The van der Waals surface area contributed by atoms with E-state index < -0.39 is 5.60 Å². The first kappa shape index (κ1) is 14.0. The zero-order valence-electron chi connectivity index (χ0n) is 11.8. The lowest BCUT2D eigenvalue weighted by molar-refractivity contribution is -0.00254. The van der Waals surface area contributed by atoms with Crippen molar-refractivity contribution in [3.63, 3.8) is 0 Å². The fourth-order valence-electron chi connectivity index (χ4n) is 2.38. The largest absolute Gasteiger partial charge is 0.496 e. The highest BCUT2D eigenvalue weighted by molar-refractivity contribution is 5.46. The summed E-state index contributed by atoms with van der Waals surface area (Å²) in [5, 5.41) is 10.8. The molecule has 0 saturated carbocycles. The lowest BCUT2D eigenvalue weighted by atomic mass is 9.79. The summed E-state index contributed by atoms with van der Waals surface area (Å²) in [5.74, 6) is 0.977. The van der Waals surface area contributed by atoms with Crippen LogP contribution in [0.25, 0.3) is 0 Å². The summed E-state index contributed by atoms with van der Waals surface area (Å²) in [7, 11) is 1.66. The second-order valence-corrected chi connectivity index (χ2v) is 5.12.